The number of hydrogen-bond acceptors (Lipinski definition) is 3. The molecular formula is C29H23NO2. The zero-order valence-electron chi connectivity index (χ0n) is 17.9. The van der Waals surface area contributed by atoms with Crippen LogP contribution in [0.15, 0.2) is 95.7 Å². The van der Waals surface area contributed by atoms with Crippen molar-refractivity contribution in [3.05, 3.63) is 124 Å². The van der Waals surface area contributed by atoms with Crippen LogP contribution in [0.3, 0.4) is 0 Å². The van der Waals surface area contributed by atoms with Crippen molar-refractivity contribution < 1.29 is 9.59 Å². The lowest BCUT2D eigenvalue weighted by atomic mass is 9.71. The molecule has 3 heteroatoms. The van der Waals surface area contributed by atoms with E-state index in [1.165, 1.54) is 5.56 Å². The molecular weight excluding hydrogens is 394 g/mol. The SMILES string of the molecule is Cc1ccc(C2C3=C(CC(c4ccccc4)CC3=O)NC3=C2C(=O)c2ccccc23)cc1. The topological polar surface area (TPSA) is 46.2 Å². The third-order valence-corrected chi connectivity index (χ3v) is 7.00. The second-order valence-corrected chi connectivity index (χ2v) is 8.96. The van der Waals surface area contributed by atoms with Gasteiger partial charge in [0.25, 0.3) is 0 Å². The second kappa shape index (κ2) is 7.16. The van der Waals surface area contributed by atoms with Crippen LogP contribution in [0.2, 0.25) is 0 Å². The highest BCUT2D eigenvalue weighted by molar-refractivity contribution is 6.23. The van der Waals surface area contributed by atoms with Gasteiger partial charge in [-0.3, -0.25) is 9.59 Å². The normalized spacial score (nSPS) is 21.8. The predicted octanol–water partition coefficient (Wildman–Crippen LogP) is 5.69. The van der Waals surface area contributed by atoms with Crippen LogP contribution < -0.4 is 5.32 Å². The lowest BCUT2D eigenvalue weighted by Crippen LogP contribution is -2.33. The first-order chi connectivity index (χ1) is 15.6. The number of carbonyl (C=O) groups excluding carboxylic acids is 2. The Morgan fingerprint density at radius 1 is 0.719 bits per heavy atom. The molecule has 1 aliphatic heterocycles. The molecule has 0 saturated heterocycles. The molecule has 0 bridgehead atoms. The van der Waals surface area contributed by atoms with Gasteiger partial charge >= 0.3 is 0 Å². The summed E-state index contributed by atoms with van der Waals surface area (Å²) in [5, 5.41) is 3.56. The van der Waals surface area contributed by atoms with E-state index in [9.17, 15) is 9.59 Å². The molecule has 32 heavy (non-hydrogen) atoms. The van der Waals surface area contributed by atoms with Crippen molar-refractivity contribution in [2.75, 3.05) is 0 Å². The van der Waals surface area contributed by atoms with E-state index in [2.05, 4.69) is 41.7 Å². The minimum Gasteiger partial charge on any atom is -0.358 e. The maximum atomic E-state index is 13.6. The maximum Gasteiger partial charge on any atom is 0.192 e. The minimum atomic E-state index is -0.328. The van der Waals surface area contributed by atoms with E-state index in [1.54, 1.807) is 0 Å². The monoisotopic (exact) mass is 417 g/mol. The number of fused-ring (bicyclic) bond motifs is 2. The smallest absolute Gasteiger partial charge is 0.192 e. The predicted molar refractivity (Wildman–Crippen MR) is 125 cm³/mol. The summed E-state index contributed by atoms with van der Waals surface area (Å²) in [4.78, 5) is 27.1. The average Bonchev–Trinajstić information content (AvgIpc) is 3.11. The summed E-state index contributed by atoms with van der Waals surface area (Å²) in [7, 11) is 0. The molecule has 2 aliphatic carbocycles. The van der Waals surface area contributed by atoms with Crippen LogP contribution in [0.5, 0.6) is 0 Å². The Labute approximate surface area is 187 Å². The summed E-state index contributed by atoms with van der Waals surface area (Å²) in [6.07, 6.45) is 1.23. The number of hydrogen-bond donors (Lipinski definition) is 1. The molecule has 2 atom stereocenters. The van der Waals surface area contributed by atoms with Crippen LogP contribution >= 0.6 is 0 Å². The van der Waals surface area contributed by atoms with E-state index in [4.69, 9.17) is 0 Å². The summed E-state index contributed by atoms with van der Waals surface area (Å²) in [5.41, 5.74) is 8.31. The summed E-state index contributed by atoms with van der Waals surface area (Å²) in [5.74, 6) is -0.0271. The van der Waals surface area contributed by atoms with Gasteiger partial charge in [-0.05, 0) is 30.4 Å². The maximum absolute atomic E-state index is 13.6. The van der Waals surface area contributed by atoms with Gasteiger partial charge in [0.1, 0.15) is 0 Å². The van der Waals surface area contributed by atoms with Gasteiger partial charge in [0.05, 0.1) is 5.70 Å². The zero-order valence-corrected chi connectivity index (χ0v) is 17.9. The van der Waals surface area contributed by atoms with E-state index >= 15 is 0 Å². The first-order valence-electron chi connectivity index (χ1n) is 11.1. The number of ketones is 2. The van der Waals surface area contributed by atoms with Crippen LogP contribution in [0.1, 0.15) is 57.3 Å². The van der Waals surface area contributed by atoms with E-state index in [-0.39, 0.29) is 23.4 Å². The van der Waals surface area contributed by atoms with Crippen molar-refractivity contribution >= 4 is 17.3 Å². The number of rotatable bonds is 2. The van der Waals surface area contributed by atoms with Crippen LogP contribution in [-0.4, -0.2) is 11.6 Å². The van der Waals surface area contributed by atoms with Gasteiger partial charge in [-0.1, -0.05) is 84.4 Å². The van der Waals surface area contributed by atoms with Crippen molar-refractivity contribution in [2.45, 2.75) is 31.6 Å². The van der Waals surface area contributed by atoms with E-state index < -0.39 is 0 Å². The van der Waals surface area contributed by atoms with E-state index in [0.29, 0.717) is 17.6 Å². The van der Waals surface area contributed by atoms with Crippen LogP contribution in [-0.2, 0) is 4.79 Å². The van der Waals surface area contributed by atoms with Gasteiger partial charge in [-0.25, -0.2) is 0 Å². The number of Topliss-reactive ketones (excluding diaryl/α,β-unsaturated/α-hetero) is 2. The van der Waals surface area contributed by atoms with Gasteiger partial charge in [0.15, 0.2) is 11.6 Å². The first-order valence-corrected chi connectivity index (χ1v) is 11.1. The number of aryl methyl sites for hydroxylation is 1. The zero-order chi connectivity index (χ0) is 21.8. The molecule has 0 spiro atoms. The molecule has 6 rings (SSSR count). The van der Waals surface area contributed by atoms with Crippen molar-refractivity contribution in [3.8, 4) is 0 Å². The van der Waals surface area contributed by atoms with Crippen molar-refractivity contribution in [2.24, 2.45) is 0 Å². The molecule has 1 N–H and O–H groups in total. The van der Waals surface area contributed by atoms with Crippen molar-refractivity contribution in [1.29, 1.82) is 0 Å². The molecule has 0 amide bonds. The van der Waals surface area contributed by atoms with Crippen LogP contribution in [0.25, 0.3) is 5.70 Å². The summed E-state index contributed by atoms with van der Waals surface area (Å²) in [6.45, 7) is 2.05. The van der Waals surface area contributed by atoms with Crippen LogP contribution in [0.4, 0.5) is 0 Å². The molecule has 2 unspecified atom stereocenters. The fourth-order valence-electron chi connectivity index (χ4n) is 5.45. The number of carbonyl (C=O) groups is 2. The lowest BCUT2D eigenvalue weighted by molar-refractivity contribution is -0.116. The summed E-state index contributed by atoms with van der Waals surface area (Å²) >= 11 is 0. The molecule has 3 nitrogen and oxygen atoms in total. The highest BCUT2D eigenvalue weighted by Crippen LogP contribution is 2.50. The highest BCUT2D eigenvalue weighted by atomic mass is 16.1. The van der Waals surface area contributed by atoms with E-state index in [0.717, 1.165) is 40.1 Å². The second-order valence-electron chi connectivity index (χ2n) is 8.96. The minimum absolute atomic E-state index is 0.0261. The number of nitrogens with one attached hydrogen (secondary N) is 1. The lowest BCUT2D eigenvalue weighted by Gasteiger charge is -2.36. The Bertz CT molecular complexity index is 1330. The number of dihydropyridines is 1. The van der Waals surface area contributed by atoms with Gasteiger partial charge < -0.3 is 5.32 Å². The number of allylic oxidation sites excluding steroid dienone is 3. The fraction of sp³-hybridized carbons (Fsp3) is 0.172. The molecule has 0 aromatic heterocycles. The molecule has 0 fully saturated rings. The molecule has 0 radical (unpaired) electrons. The van der Waals surface area contributed by atoms with Crippen molar-refractivity contribution in [1.82, 2.24) is 5.32 Å². The molecule has 1 heterocycles. The number of benzene rings is 3. The Morgan fingerprint density at radius 2 is 1.41 bits per heavy atom. The highest BCUT2D eigenvalue weighted by Gasteiger charge is 2.45. The Kier molecular flexibility index (Phi) is 4.25. The largest absolute Gasteiger partial charge is 0.358 e. The Hall–Kier alpha value is -3.72. The molecule has 156 valence electrons. The van der Waals surface area contributed by atoms with Gasteiger partial charge in [-0.15, -0.1) is 0 Å². The summed E-state index contributed by atoms with van der Waals surface area (Å²) < 4.78 is 0. The third kappa shape index (κ3) is 2.81. The summed E-state index contributed by atoms with van der Waals surface area (Å²) in [6, 6.07) is 26.3. The Balaban J connectivity index is 1.52. The van der Waals surface area contributed by atoms with Crippen LogP contribution in [0, 0.1) is 6.92 Å². The first kappa shape index (κ1) is 19.0. The van der Waals surface area contributed by atoms with Gasteiger partial charge in [0, 0.05) is 40.3 Å². The third-order valence-electron chi connectivity index (χ3n) is 7.00. The standard InChI is InChI=1S/C29H23NO2/c1-17-11-13-19(14-12-17)25-26-23(15-20(16-24(26)31)18-7-3-2-4-8-18)30-28-21-9-5-6-10-22(21)29(32)27(25)28/h2-14,20,25,30H,15-16H2,1H3. The Morgan fingerprint density at radius 3 is 2.16 bits per heavy atom. The molecule has 3 aromatic carbocycles. The average molecular weight is 418 g/mol. The fourth-order valence-corrected chi connectivity index (χ4v) is 5.45. The molecule has 0 saturated carbocycles. The van der Waals surface area contributed by atoms with E-state index in [1.807, 2.05) is 49.4 Å². The quantitative estimate of drug-likeness (QED) is 0.583. The molecule has 3 aliphatic rings. The van der Waals surface area contributed by atoms with Gasteiger partial charge in [-0.2, -0.15) is 0 Å². The van der Waals surface area contributed by atoms with Crippen molar-refractivity contribution in [3.63, 3.8) is 0 Å². The van der Waals surface area contributed by atoms with Gasteiger partial charge in [0.2, 0.25) is 0 Å². The molecule has 3 aromatic rings.